The molecule has 0 saturated carbocycles. The fraction of sp³-hybridized carbons (Fsp3) is 0.231. The Labute approximate surface area is 122 Å². The first-order valence-corrected chi connectivity index (χ1v) is 8.17. The summed E-state index contributed by atoms with van der Waals surface area (Å²) in [5.41, 5.74) is 0. The number of hydrogen-bond acceptors (Lipinski definition) is 5. The highest BCUT2D eigenvalue weighted by molar-refractivity contribution is 7.90. The smallest absolute Gasteiger partial charge is 0.224 e. The third-order valence-electron chi connectivity index (χ3n) is 2.51. The van der Waals surface area contributed by atoms with Gasteiger partial charge in [0, 0.05) is 18.7 Å². The van der Waals surface area contributed by atoms with Crippen molar-refractivity contribution in [2.45, 2.75) is 18.2 Å². The minimum atomic E-state index is -3.21. The lowest BCUT2D eigenvalue weighted by atomic mass is 10.3. The molecule has 1 heterocycles. The van der Waals surface area contributed by atoms with Gasteiger partial charge in [0.25, 0.3) is 0 Å². The maximum absolute atomic E-state index is 11.4. The van der Waals surface area contributed by atoms with Crippen LogP contribution in [0, 0.1) is 0 Å². The van der Waals surface area contributed by atoms with Gasteiger partial charge in [-0.1, -0.05) is 18.5 Å². The Morgan fingerprint density at radius 1 is 1.20 bits per heavy atom. The summed E-state index contributed by atoms with van der Waals surface area (Å²) in [5, 5.41) is 0.305. The molecule has 0 saturated heterocycles. The van der Waals surface area contributed by atoms with Gasteiger partial charge in [-0.05, 0) is 24.3 Å². The number of nitrogens with zero attached hydrogens (tertiary/aromatic N) is 2. The first kappa shape index (κ1) is 14.7. The Bertz CT molecular complexity index is 715. The Hall–Kier alpha value is -1.66. The van der Waals surface area contributed by atoms with Gasteiger partial charge < -0.3 is 4.74 Å². The van der Waals surface area contributed by atoms with E-state index in [0.717, 1.165) is 6.26 Å². The summed E-state index contributed by atoms with van der Waals surface area (Å²) in [7, 11) is -3.21. The van der Waals surface area contributed by atoms with E-state index in [-0.39, 0.29) is 4.90 Å². The summed E-state index contributed by atoms with van der Waals surface area (Å²) in [4.78, 5) is 8.45. The van der Waals surface area contributed by atoms with Gasteiger partial charge in [0.1, 0.15) is 16.7 Å². The van der Waals surface area contributed by atoms with Gasteiger partial charge in [-0.3, -0.25) is 0 Å². The molecule has 0 amide bonds. The lowest BCUT2D eigenvalue weighted by molar-refractivity contribution is 0.458. The molecule has 0 N–H and O–H groups in total. The molecule has 0 aliphatic carbocycles. The van der Waals surface area contributed by atoms with Crippen molar-refractivity contribution in [3.8, 4) is 11.6 Å². The summed E-state index contributed by atoms with van der Waals surface area (Å²) in [6.07, 6.45) is 1.80. The van der Waals surface area contributed by atoms with Crippen molar-refractivity contribution in [3.05, 3.63) is 41.3 Å². The molecule has 0 aliphatic heterocycles. The number of aryl methyl sites for hydroxylation is 1. The van der Waals surface area contributed by atoms with Gasteiger partial charge in [0.2, 0.25) is 5.88 Å². The summed E-state index contributed by atoms with van der Waals surface area (Å²) in [6.45, 7) is 1.91. The molecular formula is C13H13ClN2O3S. The second-order valence-electron chi connectivity index (χ2n) is 4.14. The fourth-order valence-corrected chi connectivity index (χ4v) is 2.35. The molecule has 20 heavy (non-hydrogen) atoms. The number of sulfone groups is 1. The highest BCUT2D eigenvalue weighted by Gasteiger charge is 2.08. The van der Waals surface area contributed by atoms with Gasteiger partial charge in [0.05, 0.1) is 4.90 Å². The molecule has 5 nitrogen and oxygen atoms in total. The molecule has 1 aromatic carbocycles. The highest BCUT2D eigenvalue weighted by Crippen LogP contribution is 2.23. The van der Waals surface area contributed by atoms with E-state index in [1.807, 2.05) is 6.92 Å². The molecule has 0 atom stereocenters. The lowest BCUT2D eigenvalue weighted by Crippen LogP contribution is -1.98. The molecule has 0 bridgehead atoms. The Kier molecular flexibility index (Phi) is 4.25. The average Bonchev–Trinajstić information content (AvgIpc) is 2.37. The number of aromatic nitrogens is 2. The first-order chi connectivity index (χ1) is 9.38. The van der Waals surface area contributed by atoms with E-state index in [1.54, 1.807) is 12.1 Å². The van der Waals surface area contributed by atoms with Crippen molar-refractivity contribution in [2.75, 3.05) is 6.26 Å². The predicted molar refractivity (Wildman–Crippen MR) is 76.0 cm³/mol. The van der Waals surface area contributed by atoms with Crippen LogP contribution >= 0.6 is 11.6 Å². The number of halogens is 1. The zero-order valence-electron chi connectivity index (χ0n) is 11.0. The molecule has 106 valence electrons. The van der Waals surface area contributed by atoms with Crippen LogP contribution in [0.15, 0.2) is 35.2 Å². The van der Waals surface area contributed by atoms with Crippen molar-refractivity contribution in [2.24, 2.45) is 0 Å². The molecule has 0 fully saturated rings. The molecule has 7 heteroatoms. The van der Waals surface area contributed by atoms with E-state index in [0.29, 0.717) is 29.0 Å². The van der Waals surface area contributed by atoms with E-state index < -0.39 is 9.84 Å². The summed E-state index contributed by atoms with van der Waals surface area (Å²) < 4.78 is 28.2. The van der Waals surface area contributed by atoms with Crippen LogP contribution < -0.4 is 4.74 Å². The third-order valence-corrected chi connectivity index (χ3v) is 3.83. The van der Waals surface area contributed by atoms with Crippen molar-refractivity contribution >= 4 is 21.4 Å². The zero-order chi connectivity index (χ0) is 14.8. The summed E-state index contributed by atoms with van der Waals surface area (Å²) in [5.74, 6) is 1.39. The largest absolute Gasteiger partial charge is 0.439 e. The summed E-state index contributed by atoms with van der Waals surface area (Å²) in [6, 6.07) is 7.60. The molecule has 0 aliphatic rings. The Balaban J connectivity index is 2.24. The van der Waals surface area contributed by atoms with Crippen LogP contribution in [0.2, 0.25) is 5.15 Å². The number of benzene rings is 1. The van der Waals surface area contributed by atoms with Crippen molar-refractivity contribution in [1.29, 1.82) is 0 Å². The van der Waals surface area contributed by atoms with Gasteiger partial charge in [-0.25, -0.2) is 13.4 Å². The van der Waals surface area contributed by atoms with Gasteiger partial charge >= 0.3 is 0 Å². The highest BCUT2D eigenvalue weighted by atomic mass is 35.5. The SMILES string of the molecule is CCc1nc(Cl)cc(Oc2ccc(S(C)(=O)=O)cc2)n1. The van der Waals surface area contributed by atoms with Crippen molar-refractivity contribution in [1.82, 2.24) is 9.97 Å². The van der Waals surface area contributed by atoms with Crippen LogP contribution in [0.4, 0.5) is 0 Å². The van der Waals surface area contributed by atoms with Gasteiger partial charge in [-0.2, -0.15) is 4.98 Å². The van der Waals surface area contributed by atoms with Crippen LogP contribution in [0.1, 0.15) is 12.7 Å². The molecule has 1 aromatic heterocycles. The minimum absolute atomic E-state index is 0.236. The standard InChI is InChI=1S/C13H13ClN2O3S/c1-3-12-15-11(14)8-13(16-12)19-9-4-6-10(7-5-9)20(2,17)18/h4-8H,3H2,1-2H3. The quantitative estimate of drug-likeness (QED) is 0.812. The van der Waals surface area contributed by atoms with E-state index in [2.05, 4.69) is 9.97 Å². The molecule has 2 aromatic rings. The Morgan fingerprint density at radius 2 is 1.85 bits per heavy atom. The second-order valence-corrected chi connectivity index (χ2v) is 6.55. The van der Waals surface area contributed by atoms with Crippen LogP contribution in [0.5, 0.6) is 11.6 Å². The van der Waals surface area contributed by atoms with Crippen LogP contribution in [-0.2, 0) is 16.3 Å². The number of hydrogen-bond donors (Lipinski definition) is 0. The van der Waals surface area contributed by atoms with E-state index in [9.17, 15) is 8.42 Å². The van der Waals surface area contributed by atoms with Crippen LogP contribution in [0.3, 0.4) is 0 Å². The molecule has 0 radical (unpaired) electrons. The lowest BCUT2D eigenvalue weighted by Gasteiger charge is -2.07. The van der Waals surface area contributed by atoms with E-state index >= 15 is 0 Å². The number of ether oxygens (including phenoxy) is 1. The maximum atomic E-state index is 11.4. The monoisotopic (exact) mass is 312 g/mol. The van der Waals surface area contributed by atoms with Gasteiger partial charge in [-0.15, -0.1) is 0 Å². The number of rotatable bonds is 4. The molecule has 0 spiro atoms. The third kappa shape index (κ3) is 3.68. The molecule has 0 unspecified atom stereocenters. The van der Waals surface area contributed by atoms with Crippen LogP contribution in [0.25, 0.3) is 0 Å². The summed E-state index contributed by atoms with van der Waals surface area (Å²) >= 11 is 5.87. The second kappa shape index (κ2) is 5.76. The first-order valence-electron chi connectivity index (χ1n) is 5.90. The topological polar surface area (TPSA) is 69.2 Å². The predicted octanol–water partition coefficient (Wildman–Crippen LogP) is 2.89. The fourth-order valence-electron chi connectivity index (χ4n) is 1.53. The molecule has 2 rings (SSSR count). The average molecular weight is 313 g/mol. The maximum Gasteiger partial charge on any atom is 0.224 e. The van der Waals surface area contributed by atoms with E-state index in [4.69, 9.17) is 16.3 Å². The van der Waals surface area contributed by atoms with Crippen molar-refractivity contribution in [3.63, 3.8) is 0 Å². The normalized spacial score (nSPS) is 11.3. The zero-order valence-corrected chi connectivity index (χ0v) is 12.6. The molecular weight excluding hydrogens is 300 g/mol. The minimum Gasteiger partial charge on any atom is -0.439 e. The van der Waals surface area contributed by atoms with E-state index in [1.165, 1.54) is 18.2 Å². The van der Waals surface area contributed by atoms with Gasteiger partial charge in [0.15, 0.2) is 9.84 Å². The van der Waals surface area contributed by atoms with Crippen LogP contribution in [-0.4, -0.2) is 24.6 Å². The Morgan fingerprint density at radius 3 is 2.40 bits per heavy atom. The van der Waals surface area contributed by atoms with Crippen molar-refractivity contribution < 1.29 is 13.2 Å².